The number of carboxylic acids is 1. The molecule has 5 atom stereocenters. The highest BCUT2D eigenvalue weighted by atomic mass is 16.5. The first-order valence-electron chi connectivity index (χ1n) is 7.79. The Hall–Kier alpha value is -0.610. The van der Waals surface area contributed by atoms with E-state index in [9.17, 15) is 9.90 Å². The second-order valence-corrected chi connectivity index (χ2v) is 6.54. The van der Waals surface area contributed by atoms with Crippen LogP contribution in [0.25, 0.3) is 0 Å². The average Bonchev–Trinajstić information content (AvgIpc) is 2.95. The topological polar surface area (TPSA) is 49.8 Å². The fourth-order valence-corrected chi connectivity index (χ4v) is 4.31. The summed E-state index contributed by atoms with van der Waals surface area (Å²) in [5, 5.41) is 9.47. The number of nitrogens with zero attached hydrogens (tertiary/aromatic N) is 1. The smallest absolute Gasteiger partial charge is 0.320 e. The zero-order chi connectivity index (χ0) is 13.4. The summed E-state index contributed by atoms with van der Waals surface area (Å²) in [5.41, 5.74) is 0. The molecule has 5 unspecified atom stereocenters. The van der Waals surface area contributed by atoms with Crippen molar-refractivity contribution in [1.29, 1.82) is 0 Å². The van der Waals surface area contributed by atoms with Gasteiger partial charge < -0.3 is 9.84 Å². The van der Waals surface area contributed by atoms with Crippen molar-refractivity contribution >= 4 is 5.97 Å². The molecule has 4 nitrogen and oxygen atoms in total. The van der Waals surface area contributed by atoms with Crippen LogP contribution in [0, 0.1) is 5.92 Å². The summed E-state index contributed by atoms with van der Waals surface area (Å²) in [6.45, 7) is 2.94. The summed E-state index contributed by atoms with van der Waals surface area (Å²) in [4.78, 5) is 13.8. The second-order valence-electron chi connectivity index (χ2n) is 6.54. The van der Waals surface area contributed by atoms with Gasteiger partial charge in [0.15, 0.2) is 0 Å². The number of aliphatic carboxylic acids is 1. The SMILES string of the molecule is CC1CCC(CN2C(C(=O)O)CC3CCCCC32)O1. The molecule has 2 saturated heterocycles. The number of hydrogen-bond acceptors (Lipinski definition) is 3. The van der Waals surface area contributed by atoms with Crippen molar-refractivity contribution < 1.29 is 14.6 Å². The Balaban J connectivity index is 1.69. The zero-order valence-corrected chi connectivity index (χ0v) is 11.8. The molecule has 1 N–H and O–H groups in total. The summed E-state index contributed by atoms with van der Waals surface area (Å²) in [7, 11) is 0. The summed E-state index contributed by atoms with van der Waals surface area (Å²) < 4.78 is 5.90. The standard InChI is InChI=1S/C15H25NO3/c1-10-6-7-12(19-10)9-16-13-5-3-2-4-11(13)8-14(16)15(17)18/h10-14H,2-9H2,1H3,(H,17,18). The molecule has 0 spiro atoms. The lowest BCUT2D eigenvalue weighted by Gasteiger charge is -2.34. The molecule has 4 heteroatoms. The van der Waals surface area contributed by atoms with Gasteiger partial charge in [-0.25, -0.2) is 0 Å². The van der Waals surface area contributed by atoms with E-state index in [0.29, 0.717) is 18.1 Å². The number of likely N-dealkylation sites (tertiary alicyclic amines) is 1. The Kier molecular flexibility index (Phi) is 3.81. The van der Waals surface area contributed by atoms with E-state index in [4.69, 9.17) is 4.74 Å². The molecule has 108 valence electrons. The summed E-state index contributed by atoms with van der Waals surface area (Å²) >= 11 is 0. The molecule has 3 rings (SSSR count). The van der Waals surface area contributed by atoms with Crippen molar-refractivity contribution in [3.8, 4) is 0 Å². The van der Waals surface area contributed by atoms with Gasteiger partial charge in [0.2, 0.25) is 0 Å². The van der Waals surface area contributed by atoms with Crippen LogP contribution in [-0.2, 0) is 9.53 Å². The Morgan fingerprint density at radius 2 is 2.05 bits per heavy atom. The van der Waals surface area contributed by atoms with E-state index in [1.165, 1.54) is 25.7 Å². The third-order valence-electron chi connectivity index (χ3n) is 5.24. The van der Waals surface area contributed by atoms with Crippen LogP contribution >= 0.6 is 0 Å². The predicted molar refractivity (Wildman–Crippen MR) is 72.1 cm³/mol. The Morgan fingerprint density at radius 3 is 2.74 bits per heavy atom. The molecule has 1 aliphatic carbocycles. The second kappa shape index (κ2) is 5.41. The van der Waals surface area contributed by atoms with Crippen LogP contribution in [0.5, 0.6) is 0 Å². The van der Waals surface area contributed by atoms with Crippen LogP contribution in [0.4, 0.5) is 0 Å². The van der Waals surface area contributed by atoms with E-state index in [0.717, 1.165) is 25.8 Å². The van der Waals surface area contributed by atoms with E-state index in [1.807, 2.05) is 0 Å². The molecule has 1 saturated carbocycles. The molecule has 19 heavy (non-hydrogen) atoms. The zero-order valence-electron chi connectivity index (χ0n) is 11.8. The Bertz CT molecular complexity index is 346. The van der Waals surface area contributed by atoms with Gasteiger partial charge in [-0.2, -0.15) is 0 Å². The van der Waals surface area contributed by atoms with Crippen LogP contribution < -0.4 is 0 Å². The molecule has 0 amide bonds. The van der Waals surface area contributed by atoms with Gasteiger partial charge >= 0.3 is 5.97 Å². The van der Waals surface area contributed by atoms with Gasteiger partial charge in [-0.05, 0) is 44.9 Å². The van der Waals surface area contributed by atoms with Crippen molar-refractivity contribution in [3.63, 3.8) is 0 Å². The number of carbonyl (C=O) groups is 1. The van der Waals surface area contributed by atoms with Crippen LogP contribution in [-0.4, -0.2) is 46.8 Å². The minimum Gasteiger partial charge on any atom is -0.480 e. The van der Waals surface area contributed by atoms with Crippen LogP contribution in [0.1, 0.15) is 51.9 Å². The van der Waals surface area contributed by atoms with Gasteiger partial charge in [0.25, 0.3) is 0 Å². The fourth-order valence-electron chi connectivity index (χ4n) is 4.31. The molecule has 0 aromatic carbocycles. The summed E-state index contributed by atoms with van der Waals surface area (Å²) in [6, 6.07) is 0.224. The highest BCUT2D eigenvalue weighted by molar-refractivity contribution is 5.74. The number of fused-ring (bicyclic) bond motifs is 1. The van der Waals surface area contributed by atoms with Crippen molar-refractivity contribution in [2.75, 3.05) is 6.54 Å². The first-order chi connectivity index (χ1) is 9.15. The summed E-state index contributed by atoms with van der Waals surface area (Å²) in [6.07, 6.45) is 8.57. The molecule has 0 aromatic rings. The van der Waals surface area contributed by atoms with E-state index in [1.54, 1.807) is 0 Å². The Labute approximate surface area is 115 Å². The largest absolute Gasteiger partial charge is 0.480 e. The normalized spacial score (nSPS) is 43.3. The molecular weight excluding hydrogens is 242 g/mol. The maximum absolute atomic E-state index is 11.5. The lowest BCUT2D eigenvalue weighted by molar-refractivity contribution is -0.143. The Morgan fingerprint density at radius 1 is 1.26 bits per heavy atom. The highest BCUT2D eigenvalue weighted by Crippen LogP contribution is 2.40. The third-order valence-corrected chi connectivity index (χ3v) is 5.24. The van der Waals surface area contributed by atoms with Gasteiger partial charge in [-0.3, -0.25) is 9.69 Å². The van der Waals surface area contributed by atoms with E-state index in [2.05, 4.69) is 11.8 Å². The molecule has 3 fully saturated rings. The number of hydrogen-bond donors (Lipinski definition) is 1. The highest BCUT2D eigenvalue weighted by Gasteiger charge is 2.46. The minimum atomic E-state index is -0.638. The van der Waals surface area contributed by atoms with Crippen LogP contribution in [0.15, 0.2) is 0 Å². The maximum atomic E-state index is 11.5. The van der Waals surface area contributed by atoms with E-state index < -0.39 is 5.97 Å². The van der Waals surface area contributed by atoms with Gasteiger partial charge in [-0.15, -0.1) is 0 Å². The molecule has 0 aromatic heterocycles. The van der Waals surface area contributed by atoms with E-state index in [-0.39, 0.29) is 12.1 Å². The molecule has 2 aliphatic heterocycles. The molecule has 0 bridgehead atoms. The van der Waals surface area contributed by atoms with E-state index >= 15 is 0 Å². The van der Waals surface area contributed by atoms with Crippen LogP contribution in [0.2, 0.25) is 0 Å². The van der Waals surface area contributed by atoms with Crippen LogP contribution in [0.3, 0.4) is 0 Å². The first kappa shape index (κ1) is 13.4. The minimum absolute atomic E-state index is 0.248. The quantitative estimate of drug-likeness (QED) is 0.852. The molecule has 2 heterocycles. The van der Waals surface area contributed by atoms with Crippen molar-refractivity contribution in [1.82, 2.24) is 4.90 Å². The lowest BCUT2D eigenvalue weighted by Crippen LogP contribution is -2.46. The van der Waals surface area contributed by atoms with Crippen molar-refractivity contribution in [2.45, 2.75) is 76.2 Å². The van der Waals surface area contributed by atoms with Gasteiger partial charge in [0.05, 0.1) is 12.2 Å². The molecular formula is C15H25NO3. The maximum Gasteiger partial charge on any atom is 0.320 e. The average molecular weight is 267 g/mol. The first-order valence-corrected chi connectivity index (χ1v) is 7.79. The monoisotopic (exact) mass is 267 g/mol. The van der Waals surface area contributed by atoms with Gasteiger partial charge in [0.1, 0.15) is 6.04 Å². The van der Waals surface area contributed by atoms with Gasteiger partial charge in [-0.1, -0.05) is 12.8 Å². The molecule has 0 radical (unpaired) electrons. The fraction of sp³-hybridized carbons (Fsp3) is 0.933. The number of ether oxygens (including phenoxy) is 1. The van der Waals surface area contributed by atoms with Crippen molar-refractivity contribution in [3.05, 3.63) is 0 Å². The summed E-state index contributed by atoms with van der Waals surface area (Å²) in [5.74, 6) is -0.0332. The third kappa shape index (κ3) is 2.65. The number of rotatable bonds is 3. The van der Waals surface area contributed by atoms with Gasteiger partial charge in [0, 0.05) is 12.6 Å². The molecule has 3 aliphatic rings. The number of carboxylic acid groups (broad SMARTS) is 1. The van der Waals surface area contributed by atoms with Crippen molar-refractivity contribution in [2.24, 2.45) is 5.92 Å². The predicted octanol–water partition coefficient (Wildman–Crippen LogP) is 2.27. The lowest BCUT2D eigenvalue weighted by atomic mass is 9.84.